The zero-order valence-electron chi connectivity index (χ0n) is 23.6. The van der Waals surface area contributed by atoms with E-state index in [4.69, 9.17) is 11.6 Å². The van der Waals surface area contributed by atoms with Crippen LogP contribution in [0.25, 0.3) is 11.3 Å². The normalized spacial score (nSPS) is 15.9. The van der Waals surface area contributed by atoms with Crippen molar-refractivity contribution in [3.63, 3.8) is 0 Å². The fourth-order valence-electron chi connectivity index (χ4n) is 5.40. The van der Waals surface area contributed by atoms with Crippen LogP contribution in [0.2, 0.25) is 5.02 Å². The molecule has 2 aliphatic rings. The molecule has 14 heteroatoms. The number of nitrogens with one attached hydrogen (secondary N) is 2. The first-order valence-electron chi connectivity index (χ1n) is 13.7. The number of hydrogen-bond acceptors (Lipinski definition) is 6. The number of piperazine rings is 1. The molecule has 2 N–H and O–H groups in total. The SMILES string of the molecule is COc1c(F)cc(-c2cnc(C(=O)Nc3ccc(C(=O)N4CCN(C(=O)C5CCNCC5)CC4)c(Cl)c3)n2C)c(F)c1F. The number of methoxy groups -OCH3 is 1. The molecule has 3 aromatic rings. The first-order valence-corrected chi connectivity index (χ1v) is 14.1. The highest BCUT2D eigenvalue weighted by molar-refractivity contribution is 6.34. The van der Waals surface area contributed by atoms with Crippen molar-refractivity contribution in [3.8, 4) is 17.0 Å². The fraction of sp³-hybridized carbons (Fsp3) is 0.379. The minimum Gasteiger partial charge on any atom is -0.491 e. The van der Waals surface area contributed by atoms with Gasteiger partial charge in [0.15, 0.2) is 23.2 Å². The van der Waals surface area contributed by atoms with Gasteiger partial charge in [0.2, 0.25) is 11.7 Å². The van der Waals surface area contributed by atoms with Crippen molar-refractivity contribution in [2.24, 2.45) is 13.0 Å². The van der Waals surface area contributed by atoms with Crippen LogP contribution in [-0.4, -0.2) is 83.5 Å². The molecule has 228 valence electrons. The lowest BCUT2D eigenvalue weighted by atomic mass is 9.96. The lowest BCUT2D eigenvalue weighted by molar-refractivity contribution is -0.137. The van der Waals surface area contributed by atoms with Crippen molar-refractivity contribution in [2.45, 2.75) is 12.8 Å². The van der Waals surface area contributed by atoms with Gasteiger partial charge < -0.3 is 29.7 Å². The molecule has 0 bridgehead atoms. The standard InChI is InChI=1S/C29H30ClF3N6O4/c1-37-22(19-14-21(31)25(43-2)24(33)23(19)32)15-35-26(37)27(40)36-17-3-4-18(20(30)13-17)29(42)39-11-9-38(10-12-39)28(41)16-5-7-34-8-6-16/h3-4,13-16,34H,5-12H2,1-2H3,(H,36,40). The van der Waals surface area contributed by atoms with E-state index in [0.717, 1.165) is 45.3 Å². The lowest BCUT2D eigenvalue weighted by Crippen LogP contribution is -2.52. The van der Waals surface area contributed by atoms with Gasteiger partial charge in [-0.2, -0.15) is 4.39 Å². The molecule has 0 aliphatic carbocycles. The van der Waals surface area contributed by atoms with Gasteiger partial charge in [-0.15, -0.1) is 0 Å². The Hall–Kier alpha value is -4.10. The first-order chi connectivity index (χ1) is 20.6. The van der Waals surface area contributed by atoms with Gasteiger partial charge in [-0.05, 0) is 50.2 Å². The average molecular weight is 619 g/mol. The topological polar surface area (TPSA) is 109 Å². The highest BCUT2D eigenvalue weighted by atomic mass is 35.5. The Kier molecular flexibility index (Phi) is 8.92. The van der Waals surface area contributed by atoms with Crippen LogP contribution in [0.1, 0.15) is 33.8 Å². The highest BCUT2D eigenvalue weighted by Gasteiger charge is 2.31. The number of rotatable bonds is 6. The summed E-state index contributed by atoms with van der Waals surface area (Å²) in [6.07, 6.45) is 2.76. The molecule has 3 amide bonds. The lowest BCUT2D eigenvalue weighted by Gasteiger charge is -2.37. The predicted octanol–water partition coefficient (Wildman–Crippen LogP) is 3.70. The summed E-state index contributed by atoms with van der Waals surface area (Å²) in [5.74, 6) is -5.81. The molecule has 2 aromatic carbocycles. The summed E-state index contributed by atoms with van der Waals surface area (Å²) in [6, 6.07) is 5.18. The number of halogens is 4. The molecule has 10 nitrogen and oxygen atoms in total. The van der Waals surface area contributed by atoms with E-state index in [1.54, 1.807) is 4.90 Å². The van der Waals surface area contributed by atoms with Crippen molar-refractivity contribution in [1.29, 1.82) is 0 Å². The number of amides is 3. The molecule has 0 radical (unpaired) electrons. The number of anilines is 1. The Morgan fingerprint density at radius 2 is 1.70 bits per heavy atom. The molecule has 5 rings (SSSR count). The van der Waals surface area contributed by atoms with Gasteiger partial charge in [0.05, 0.1) is 29.6 Å². The third-order valence-electron chi connectivity index (χ3n) is 7.81. The molecule has 0 atom stereocenters. The van der Waals surface area contributed by atoms with E-state index in [9.17, 15) is 27.6 Å². The number of aromatic nitrogens is 2. The van der Waals surface area contributed by atoms with E-state index in [-0.39, 0.29) is 45.5 Å². The molecule has 0 saturated carbocycles. The molecule has 1 aromatic heterocycles. The van der Waals surface area contributed by atoms with Gasteiger partial charge in [-0.1, -0.05) is 11.6 Å². The largest absolute Gasteiger partial charge is 0.491 e. The maximum atomic E-state index is 14.6. The minimum absolute atomic E-state index is 0.0210. The van der Waals surface area contributed by atoms with E-state index in [1.807, 2.05) is 4.90 Å². The second-order valence-electron chi connectivity index (χ2n) is 10.4. The molecule has 2 aliphatic heterocycles. The Morgan fingerprint density at radius 1 is 1.02 bits per heavy atom. The van der Waals surface area contributed by atoms with Crippen LogP contribution in [0.15, 0.2) is 30.5 Å². The van der Waals surface area contributed by atoms with Crippen molar-refractivity contribution in [3.05, 3.63) is 64.3 Å². The number of carbonyl (C=O) groups is 3. The first kappa shape index (κ1) is 30.4. The number of piperidine rings is 1. The number of nitrogens with zero attached hydrogens (tertiary/aromatic N) is 4. The zero-order valence-corrected chi connectivity index (χ0v) is 24.3. The van der Waals surface area contributed by atoms with Gasteiger partial charge in [0.25, 0.3) is 11.8 Å². The second-order valence-corrected chi connectivity index (χ2v) is 10.8. The number of imidazole rings is 1. The molecular formula is C29H30ClF3N6O4. The highest BCUT2D eigenvalue weighted by Crippen LogP contribution is 2.33. The molecule has 2 saturated heterocycles. The Balaban J connectivity index is 1.23. The Bertz CT molecular complexity index is 1570. The minimum atomic E-state index is -1.50. The summed E-state index contributed by atoms with van der Waals surface area (Å²) in [4.78, 5) is 46.4. The van der Waals surface area contributed by atoms with Gasteiger partial charge >= 0.3 is 0 Å². The third-order valence-corrected chi connectivity index (χ3v) is 8.12. The van der Waals surface area contributed by atoms with E-state index in [2.05, 4.69) is 20.4 Å². The van der Waals surface area contributed by atoms with E-state index in [0.29, 0.717) is 26.2 Å². The van der Waals surface area contributed by atoms with Crippen molar-refractivity contribution in [1.82, 2.24) is 24.7 Å². The molecule has 0 spiro atoms. The average Bonchev–Trinajstić information content (AvgIpc) is 3.40. The number of hydrogen-bond donors (Lipinski definition) is 2. The Morgan fingerprint density at radius 3 is 2.35 bits per heavy atom. The monoisotopic (exact) mass is 618 g/mol. The van der Waals surface area contributed by atoms with E-state index >= 15 is 0 Å². The summed E-state index contributed by atoms with van der Waals surface area (Å²) >= 11 is 6.43. The van der Waals surface area contributed by atoms with Gasteiger partial charge in [-0.3, -0.25) is 14.4 Å². The maximum absolute atomic E-state index is 14.6. The van der Waals surface area contributed by atoms with Crippen LogP contribution in [0.5, 0.6) is 5.75 Å². The van der Waals surface area contributed by atoms with Crippen LogP contribution in [0, 0.1) is 23.4 Å². The fourth-order valence-corrected chi connectivity index (χ4v) is 5.66. The quantitative estimate of drug-likeness (QED) is 0.408. The summed E-state index contributed by atoms with van der Waals surface area (Å²) in [5.41, 5.74) is 0.0317. The van der Waals surface area contributed by atoms with E-state index < -0.39 is 34.7 Å². The van der Waals surface area contributed by atoms with Crippen molar-refractivity contribution < 1.29 is 32.3 Å². The molecular weight excluding hydrogens is 589 g/mol. The smallest absolute Gasteiger partial charge is 0.291 e. The molecule has 2 fully saturated rings. The van der Waals surface area contributed by atoms with Gasteiger partial charge in [-0.25, -0.2) is 13.8 Å². The van der Waals surface area contributed by atoms with Crippen LogP contribution >= 0.6 is 11.6 Å². The van der Waals surface area contributed by atoms with E-state index in [1.165, 1.54) is 29.8 Å². The van der Waals surface area contributed by atoms with Gasteiger partial charge in [0.1, 0.15) is 0 Å². The maximum Gasteiger partial charge on any atom is 0.291 e. The van der Waals surface area contributed by atoms with Crippen LogP contribution in [-0.2, 0) is 11.8 Å². The van der Waals surface area contributed by atoms with Crippen LogP contribution < -0.4 is 15.4 Å². The van der Waals surface area contributed by atoms with Gasteiger partial charge in [0, 0.05) is 50.4 Å². The molecule has 43 heavy (non-hydrogen) atoms. The van der Waals surface area contributed by atoms with Crippen molar-refractivity contribution in [2.75, 3.05) is 51.7 Å². The third kappa shape index (κ3) is 6.04. The summed E-state index contributed by atoms with van der Waals surface area (Å²) < 4.78 is 48.9. The molecule has 0 unspecified atom stereocenters. The Labute approximate surface area is 250 Å². The second kappa shape index (κ2) is 12.6. The van der Waals surface area contributed by atoms with Crippen LogP contribution in [0.4, 0.5) is 18.9 Å². The predicted molar refractivity (Wildman–Crippen MR) is 153 cm³/mol. The summed E-state index contributed by atoms with van der Waals surface area (Å²) in [5, 5.41) is 5.98. The number of carbonyl (C=O) groups excluding carboxylic acids is 3. The molecule has 3 heterocycles. The van der Waals surface area contributed by atoms with Crippen LogP contribution in [0.3, 0.4) is 0 Å². The summed E-state index contributed by atoms with van der Waals surface area (Å²) in [7, 11) is 2.41. The number of benzene rings is 2. The zero-order chi connectivity index (χ0) is 30.8. The summed E-state index contributed by atoms with van der Waals surface area (Å²) in [6.45, 7) is 3.33. The number of ether oxygens (including phenoxy) is 1. The van der Waals surface area contributed by atoms with Crippen molar-refractivity contribution >= 4 is 35.0 Å².